The lowest BCUT2D eigenvalue weighted by molar-refractivity contribution is -0.123. The Labute approximate surface area is 83.4 Å². The van der Waals surface area contributed by atoms with E-state index in [0.717, 1.165) is 4.31 Å². The number of nitrogens with zero attached hydrogens (tertiary/aromatic N) is 1. The van der Waals surface area contributed by atoms with Crippen LogP contribution in [0.5, 0.6) is 0 Å². The molecule has 4 N–H and O–H groups in total. The van der Waals surface area contributed by atoms with Crippen molar-refractivity contribution in [1.29, 1.82) is 0 Å². The van der Waals surface area contributed by atoms with Crippen LogP contribution in [0.15, 0.2) is 0 Å². The van der Waals surface area contributed by atoms with Crippen LogP contribution in [-0.2, 0) is 15.0 Å². The number of carbonyl (C=O) groups excluding carboxylic acids is 1. The topological polar surface area (TPSA) is 106 Å². The Morgan fingerprint density at radius 2 is 2.00 bits per heavy atom. The second-order valence-electron chi connectivity index (χ2n) is 3.64. The second-order valence-corrected chi connectivity index (χ2v) is 5.14. The van der Waals surface area contributed by atoms with Gasteiger partial charge in [0, 0.05) is 12.6 Å². The number of carbonyl (C=O) groups is 1. The number of amides is 1. The molecular formula is C7H15N3O3S. The van der Waals surface area contributed by atoms with Gasteiger partial charge in [0.05, 0.1) is 5.92 Å². The van der Waals surface area contributed by atoms with Gasteiger partial charge in [0.2, 0.25) is 5.91 Å². The summed E-state index contributed by atoms with van der Waals surface area (Å²) in [5.74, 6) is -0.880. The minimum absolute atomic E-state index is 0.106. The molecule has 2 atom stereocenters. The summed E-state index contributed by atoms with van der Waals surface area (Å²) in [5, 5.41) is 5.01. The van der Waals surface area contributed by atoms with Crippen molar-refractivity contribution >= 4 is 16.1 Å². The molecule has 1 aliphatic rings. The number of piperidine rings is 1. The Hall–Kier alpha value is -0.660. The lowest BCUT2D eigenvalue weighted by Gasteiger charge is -2.34. The van der Waals surface area contributed by atoms with Gasteiger partial charge in [0.15, 0.2) is 0 Å². The van der Waals surface area contributed by atoms with E-state index in [1.165, 1.54) is 0 Å². The van der Waals surface area contributed by atoms with Gasteiger partial charge >= 0.3 is 0 Å². The van der Waals surface area contributed by atoms with Gasteiger partial charge in [-0.15, -0.1) is 0 Å². The van der Waals surface area contributed by atoms with Crippen LogP contribution in [-0.4, -0.2) is 31.2 Å². The molecule has 0 bridgehead atoms. The number of hydrogen-bond donors (Lipinski definition) is 2. The Bertz CT molecular complexity index is 327. The highest BCUT2D eigenvalue weighted by Crippen LogP contribution is 2.22. The van der Waals surface area contributed by atoms with E-state index in [2.05, 4.69) is 0 Å². The SMILES string of the molecule is CC1CCC(C(N)=O)CN1S(N)(=O)=O. The normalized spacial score (nSPS) is 30.1. The molecule has 1 amide bonds. The maximum atomic E-state index is 11.1. The number of rotatable bonds is 2. The molecule has 0 aromatic rings. The molecule has 0 saturated carbocycles. The fraction of sp³-hybridized carbons (Fsp3) is 0.857. The molecule has 0 aromatic heterocycles. The predicted molar refractivity (Wildman–Crippen MR) is 51.2 cm³/mol. The highest BCUT2D eigenvalue weighted by atomic mass is 32.2. The van der Waals surface area contributed by atoms with Crippen molar-refractivity contribution in [1.82, 2.24) is 4.31 Å². The molecule has 82 valence electrons. The van der Waals surface area contributed by atoms with E-state index in [1.54, 1.807) is 6.92 Å². The Morgan fingerprint density at radius 1 is 1.43 bits per heavy atom. The molecule has 7 heteroatoms. The Balaban J connectivity index is 2.80. The van der Waals surface area contributed by atoms with Crippen molar-refractivity contribution in [2.75, 3.05) is 6.54 Å². The van der Waals surface area contributed by atoms with E-state index in [4.69, 9.17) is 10.9 Å². The largest absolute Gasteiger partial charge is 0.369 e. The van der Waals surface area contributed by atoms with Gasteiger partial charge < -0.3 is 5.73 Å². The maximum absolute atomic E-state index is 11.1. The van der Waals surface area contributed by atoms with Crippen LogP contribution in [0.1, 0.15) is 19.8 Å². The number of primary amides is 1. The first-order valence-corrected chi connectivity index (χ1v) is 5.91. The van der Waals surface area contributed by atoms with Gasteiger partial charge in [-0.05, 0) is 19.8 Å². The summed E-state index contributed by atoms with van der Waals surface area (Å²) < 4.78 is 23.4. The number of hydrogen-bond acceptors (Lipinski definition) is 3. The molecule has 6 nitrogen and oxygen atoms in total. The third-order valence-electron chi connectivity index (χ3n) is 2.55. The van der Waals surface area contributed by atoms with Crippen molar-refractivity contribution in [2.24, 2.45) is 16.8 Å². The number of nitrogens with two attached hydrogens (primary N) is 2. The fourth-order valence-electron chi connectivity index (χ4n) is 1.66. The van der Waals surface area contributed by atoms with Crippen LogP contribution in [0.25, 0.3) is 0 Å². The summed E-state index contributed by atoms with van der Waals surface area (Å²) in [4.78, 5) is 10.9. The zero-order valence-electron chi connectivity index (χ0n) is 8.01. The van der Waals surface area contributed by atoms with E-state index in [-0.39, 0.29) is 12.6 Å². The lowest BCUT2D eigenvalue weighted by atomic mass is 9.95. The van der Waals surface area contributed by atoms with Gasteiger partial charge in [-0.25, -0.2) is 5.14 Å². The minimum atomic E-state index is -3.72. The van der Waals surface area contributed by atoms with Crippen LogP contribution in [0, 0.1) is 5.92 Å². The first kappa shape index (κ1) is 11.4. The second kappa shape index (κ2) is 3.84. The van der Waals surface area contributed by atoms with E-state index >= 15 is 0 Å². The van der Waals surface area contributed by atoms with Crippen molar-refractivity contribution < 1.29 is 13.2 Å². The first-order chi connectivity index (χ1) is 6.32. The first-order valence-electron chi connectivity index (χ1n) is 4.41. The zero-order valence-corrected chi connectivity index (χ0v) is 8.83. The van der Waals surface area contributed by atoms with Crippen molar-refractivity contribution in [3.8, 4) is 0 Å². The van der Waals surface area contributed by atoms with E-state index < -0.39 is 22.0 Å². The van der Waals surface area contributed by atoms with E-state index in [1.807, 2.05) is 0 Å². The third kappa shape index (κ3) is 2.43. The molecule has 1 rings (SSSR count). The average molecular weight is 221 g/mol. The molecule has 1 fully saturated rings. The highest BCUT2D eigenvalue weighted by Gasteiger charge is 2.33. The molecule has 0 radical (unpaired) electrons. The van der Waals surface area contributed by atoms with Gasteiger partial charge in [-0.2, -0.15) is 12.7 Å². The van der Waals surface area contributed by atoms with Crippen LogP contribution >= 0.6 is 0 Å². The summed E-state index contributed by atoms with van der Waals surface area (Å²) in [7, 11) is -3.72. The summed E-state index contributed by atoms with van der Waals surface area (Å²) in [6.45, 7) is 1.87. The van der Waals surface area contributed by atoms with Gasteiger partial charge in [0.1, 0.15) is 0 Å². The molecule has 1 saturated heterocycles. The van der Waals surface area contributed by atoms with E-state index in [9.17, 15) is 13.2 Å². The van der Waals surface area contributed by atoms with Gasteiger partial charge in [-0.3, -0.25) is 4.79 Å². The monoisotopic (exact) mass is 221 g/mol. The summed E-state index contributed by atoms with van der Waals surface area (Å²) in [5.41, 5.74) is 5.12. The average Bonchev–Trinajstić information content (AvgIpc) is 2.02. The summed E-state index contributed by atoms with van der Waals surface area (Å²) in [6.07, 6.45) is 1.24. The molecule has 1 heterocycles. The predicted octanol–water partition coefficient (Wildman–Crippen LogP) is -1.22. The summed E-state index contributed by atoms with van der Waals surface area (Å²) in [6, 6.07) is -0.152. The van der Waals surface area contributed by atoms with Crippen LogP contribution < -0.4 is 10.9 Å². The zero-order chi connectivity index (χ0) is 10.9. The molecule has 2 unspecified atom stereocenters. The standard InChI is InChI=1S/C7H15N3O3S/c1-5-2-3-6(7(8)11)4-10(5)14(9,12)13/h5-6H,2-4H2,1H3,(H2,8,11)(H2,9,12,13). The van der Waals surface area contributed by atoms with Gasteiger partial charge in [-0.1, -0.05) is 0 Å². The highest BCUT2D eigenvalue weighted by molar-refractivity contribution is 7.86. The summed E-state index contributed by atoms with van der Waals surface area (Å²) >= 11 is 0. The molecule has 0 spiro atoms. The van der Waals surface area contributed by atoms with Crippen molar-refractivity contribution in [3.05, 3.63) is 0 Å². The lowest BCUT2D eigenvalue weighted by Crippen LogP contribution is -2.50. The van der Waals surface area contributed by atoms with Crippen LogP contribution in [0.4, 0.5) is 0 Å². The fourth-order valence-corrected chi connectivity index (χ4v) is 2.66. The van der Waals surface area contributed by atoms with Gasteiger partial charge in [0.25, 0.3) is 10.2 Å². The Morgan fingerprint density at radius 3 is 2.43 bits per heavy atom. The maximum Gasteiger partial charge on any atom is 0.277 e. The van der Waals surface area contributed by atoms with E-state index in [0.29, 0.717) is 12.8 Å². The van der Waals surface area contributed by atoms with Crippen molar-refractivity contribution in [2.45, 2.75) is 25.8 Å². The van der Waals surface area contributed by atoms with Crippen LogP contribution in [0.2, 0.25) is 0 Å². The molecule has 1 aliphatic heterocycles. The van der Waals surface area contributed by atoms with Crippen LogP contribution in [0.3, 0.4) is 0 Å². The smallest absolute Gasteiger partial charge is 0.277 e. The quantitative estimate of drug-likeness (QED) is 0.610. The van der Waals surface area contributed by atoms with Crippen molar-refractivity contribution in [3.63, 3.8) is 0 Å². The Kier molecular flexibility index (Phi) is 3.13. The third-order valence-corrected chi connectivity index (χ3v) is 3.72. The minimum Gasteiger partial charge on any atom is -0.369 e. The molecule has 0 aliphatic carbocycles. The molecular weight excluding hydrogens is 206 g/mol. The molecule has 14 heavy (non-hydrogen) atoms. The molecule has 0 aromatic carbocycles.